The van der Waals surface area contributed by atoms with E-state index in [0.717, 1.165) is 12.3 Å². The zero-order chi connectivity index (χ0) is 16.9. The van der Waals surface area contributed by atoms with Crippen molar-refractivity contribution in [3.8, 4) is 5.75 Å². The summed E-state index contributed by atoms with van der Waals surface area (Å²) in [5.41, 5.74) is 7.13. The van der Waals surface area contributed by atoms with Gasteiger partial charge in [-0.15, -0.1) is 0 Å². The molecule has 126 valence electrons. The third-order valence-electron chi connectivity index (χ3n) is 6.00. The molecule has 0 amide bonds. The number of benzene rings is 2. The average Bonchev–Trinajstić information content (AvgIpc) is 2.56. The summed E-state index contributed by atoms with van der Waals surface area (Å²) in [6.45, 7) is 5.52. The molecule has 2 aromatic rings. The Morgan fingerprint density at radius 1 is 1.12 bits per heavy atom. The number of hydrogen-bond donors (Lipinski definition) is 0. The smallest absolute Gasteiger partial charge is 0.122 e. The van der Waals surface area contributed by atoms with Crippen molar-refractivity contribution in [1.82, 2.24) is 0 Å². The molecule has 0 radical (unpaired) electrons. The van der Waals surface area contributed by atoms with E-state index in [1.807, 2.05) is 0 Å². The van der Waals surface area contributed by atoms with E-state index in [9.17, 15) is 0 Å². The molecule has 4 rings (SSSR count). The van der Waals surface area contributed by atoms with Crippen LogP contribution >= 0.6 is 15.9 Å². The maximum absolute atomic E-state index is 5.65. The van der Waals surface area contributed by atoms with Crippen LogP contribution in [0.2, 0.25) is 0 Å². The molecule has 0 unspecified atom stereocenters. The van der Waals surface area contributed by atoms with Crippen LogP contribution in [-0.4, -0.2) is 13.7 Å². The Morgan fingerprint density at radius 3 is 2.50 bits per heavy atom. The zero-order valence-corrected chi connectivity index (χ0v) is 16.2. The van der Waals surface area contributed by atoms with Gasteiger partial charge < -0.3 is 9.64 Å². The minimum atomic E-state index is 0.439. The van der Waals surface area contributed by atoms with Crippen molar-refractivity contribution >= 4 is 27.3 Å². The van der Waals surface area contributed by atoms with Gasteiger partial charge in [0, 0.05) is 16.7 Å². The van der Waals surface area contributed by atoms with Crippen molar-refractivity contribution < 1.29 is 4.74 Å². The molecule has 0 aromatic heterocycles. The second-order valence-electron chi connectivity index (χ2n) is 7.40. The van der Waals surface area contributed by atoms with Gasteiger partial charge in [0.2, 0.25) is 0 Å². The van der Waals surface area contributed by atoms with Crippen molar-refractivity contribution in [3.05, 3.63) is 51.5 Å². The molecule has 0 saturated heterocycles. The summed E-state index contributed by atoms with van der Waals surface area (Å²) in [6.07, 6.45) is 5.22. The van der Waals surface area contributed by atoms with E-state index < -0.39 is 0 Å². The van der Waals surface area contributed by atoms with E-state index in [1.54, 1.807) is 7.11 Å². The molecule has 1 fully saturated rings. The van der Waals surface area contributed by atoms with E-state index in [1.165, 1.54) is 58.2 Å². The Bertz CT molecular complexity index is 795. The topological polar surface area (TPSA) is 12.5 Å². The third-order valence-corrected chi connectivity index (χ3v) is 6.67. The normalized spacial score (nSPS) is 18.2. The highest BCUT2D eigenvalue weighted by Gasteiger charge is 2.44. The SMILES string of the molecule is COc1cc2c(c(C)c1C)N(c1ccccc1Br)CC1(CCC1)C2. The molecule has 1 saturated carbocycles. The Morgan fingerprint density at radius 2 is 1.88 bits per heavy atom. The molecular weight excluding hydrogens is 362 g/mol. The molecule has 0 bridgehead atoms. The van der Waals surface area contributed by atoms with E-state index in [0.29, 0.717) is 5.41 Å². The number of nitrogens with zero attached hydrogens (tertiary/aromatic N) is 1. The molecule has 1 aliphatic carbocycles. The van der Waals surface area contributed by atoms with Crippen LogP contribution in [0.4, 0.5) is 11.4 Å². The lowest BCUT2D eigenvalue weighted by Crippen LogP contribution is -2.46. The van der Waals surface area contributed by atoms with E-state index in [2.05, 4.69) is 65.0 Å². The highest BCUT2D eigenvalue weighted by Crippen LogP contribution is 2.53. The number of ether oxygens (including phenoxy) is 1. The van der Waals surface area contributed by atoms with Crippen LogP contribution < -0.4 is 9.64 Å². The van der Waals surface area contributed by atoms with Gasteiger partial charge in [0.25, 0.3) is 0 Å². The quantitative estimate of drug-likeness (QED) is 0.633. The third kappa shape index (κ3) is 2.36. The van der Waals surface area contributed by atoms with E-state index >= 15 is 0 Å². The minimum absolute atomic E-state index is 0.439. The highest BCUT2D eigenvalue weighted by atomic mass is 79.9. The fourth-order valence-electron chi connectivity index (χ4n) is 4.42. The second-order valence-corrected chi connectivity index (χ2v) is 8.26. The molecule has 0 atom stereocenters. The van der Waals surface area contributed by atoms with Gasteiger partial charge in [0.1, 0.15) is 5.75 Å². The van der Waals surface area contributed by atoms with Crippen LogP contribution in [0.5, 0.6) is 5.75 Å². The molecule has 1 spiro atoms. The molecule has 2 aromatic carbocycles. The molecule has 1 aliphatic heterocycles. The Labute approximate surface area is 153 Å². The highest BCUT2D eigenvalue weighted by molar-refractivity contribution is 9.10. The molecule has 1 heterocycles. The van der Waals surface area contributed by atoms with Crippen LogP contribution in [0.25, 0.3) is 0 Å². The van der Waals surface area contributed by atoms with E-state index in [4.69, 9.17) is 4.74 Å². The van der Waals surface area contributed by atoms with Crippen LogP contribution in [0, 0.1) is 19.3 Å². The molecule has 3 heteroatoms. The van der Waals surface area contributed by atoms with Crippen molar-refractivity contribution in [2.45, 2.75) is 39.5 Å². The summed E-state index contributed by atoms with van der Waals surface area (Å²) in [7, 11) is 1.78. The monoisotopic (exact) mass is 385 g/mol. The van der Waals surface area contributed by atoms with Gasteiger partial charge in [-0.25, -0.2) is 0 Å². The molecule has 2 aliphatic rings. The first-order chi connectivity index (χ1) is 11.5. The predicted octanol–water partition coefficient (Wildman–Crippen LogP) is 5.94. The van der Waals surface area contributed by atoms with Crippen molar-refractivity contribution in [3.63, 3.8) is 0 Å². The van der Waals surface area contributed by atoms with Crippen LogP contribution in [0.1, 0.15) is 36.0 Å². The summed E-state index contributed by atoms with van der Waals surface area (Å²) in [5.74, 6) is 1.02. The standard InChI is InChI=1S/C21H24BrNO/c1-14-15(2)20-16(11-19(14)24-3)12-21(9-6-10-21)13-23(20)18-8-5-4-7-17(18)22/h4-5,7-8,11H,6,9-10,12-13H2,1-3H3. The first kappa shape index (κ1) is 16.0. The van der Waals surface area contributed by atoms with Crippen LogP contribution in [-0.2, 0) is 6.42 Å². The largest absolute Gasteiger partial charge is 0.496 e. The number of para-hydroxylation sites is 1. The minimum Gasteiger partial charge on any atom is -0.496 e. The Balaban J connectivity index is 1.92. The number of methoxy groups -OCH3 is 1. The van der Waals surface area contributed by atoms with Gasteiger partial charge in [0.15, 0.2) is 0 Å². The van der Waals surface area contributed by atoms with Crippen LogP contribution in [0.3, 0.4) is 0 Å². The van der Waals surface area contributed by atoms with Gasteiger partial charge in [-0.3, -0.25) is 0 Å². The summed E-state index contributed by atoms with van der Waals surface area (Å²) >= 11 is 3.77. The number of anilines is 2. The number of rotatable bonds is 2. The average molecular weight is 386 g/mol. The number of fused-ring (bicyclic) bond motifs is 1. The fourth-order valence-corrected chi connectivity index (χ4v) is 4.92. The number of halogens is 1. The lowest BCUT2D eigenvalue weighted by molar-refractivity contribution is 0.138. The summed E-state index contributed by atoms with van der Waals surface area (Å²) in [5, 5.41) is 0. The predicted molar refractivity (Wildman–Crippen MR) is 104 cm³/mol. The van der Waals surface area contributed by atoms with Gasteiger partial charge in [0.05, 0.1) is 12.8 Å². The molecule has 0 N–H and O–H groups in total. The maximum Gasteiger partial charge on any atom is 0.122 e. The van der Waals surface area contributed by atoms with Gasteiger partial charge in [-0.05, 0) is 89.3 Å². The first-order valence-electron chi connectivity index (χ1n) is 8.74. The molecule has 2 nitrogen and oxygen atoms in total. The summed E-state index contributed by atoms with van der Waals surface area (Å²) in [6, 6.07) is 10.9. The Hall–Kier alpha value is -1.48. The van der Waals surface area contributed by atoms with E-state index in [-0.39, 0.29) is 0 Å². The summed E-state index contributed by atoms with van der Waals surface area (Å²) < 4.78 is 6.82. The van der Waals surface area contributed by atoms with Gasteiger partial charge in [-0.1, -0.05) is 18.6 Å². The Kier molecular flexibility index (Phi) is 3.87. The van der Waals surface area contributed by atoms with Crippen molar-refractivity contribution in [2.24, 2.45) is 5.41 Å². The van der Waals surface area contributed by atoms with Gasteiger partial charge >= 0.3 is 0 Å². The van der Waals surface area contributed by atoms with Crippen LogP contribution in [0.15, 0.2) is 34.8 Å². The van der Waals surface area contributed by atoms with Crippen molar-refractivity contribution in [1.29, 1.82) is 0 Å². The lowest BCUT2D eigenvalue weighted by Gasteiger charge is -2.51. The first-order valence-corrected chi connectivity index (χ1v) is 9.53. The molecular formula is C21H24BrNO. The summed E-state index contributed by atoms with van der Waals surface area (Å²) in [4.78, 5) is 2.55. The van der Waals surface area contributed by atoms with Gasteiger partial charge in [-0.2, -0.15) is 0 Å². The second kappa shape index (κ2) is 5.80. The molecule has 24 heavy (non-hydrogen) atoms. The van der Waals surface area contributed by atoms with Crippen molar-refractivity contribution in [2.75, 3.05) is 18.6 Å². The number of hydrogen-bond acceptors (Lipinski definition) is 2. The zero-order valence-electron chi connectivity index (χ0n) is 14.7. The maximum atomic E-state index is 5.65. The lowest BCUT2D eigenvalue weighted by atomic mass is 9.63. The fraction of sp³-hybridized carbons (Fsp3) is 0.429.